The maximum absolute atomic E-state index is 12.6. The van der Waals surface area contributed by atoms with Crippen LogP contribution < -0.4 is 0 Å². The Hall–Kier alpha value is -1.40. The molecule has 124 valence electrons. The largest absolute Gasteiger partial charge is 0.459 e. The number of ether oxygens (including phenoxy) is 4. The number of esters is 2. The van der Waals surface area contributed by atoms with Crippen molar-refractivity contribution < 1.29 is 28.5 Å². The van der Waals surface area contributed by atoms with Gasteiger partial charge in [-0.15, -0.1) is 0 Å². The van der Waals surface area contributed by atoms with E-state index < -0.39 is 23.3 Å². The molecule has 0 amide bonds. The van der Waals surface area contributed by atoms with Gasteiger partial charge in [-0.1, -0.05) is 13.3 Å². The summed E-state index contributed by atoms with van der Waals surface area (Å²) in [6.07, 6.45) is 2.89. The maximum atomic E-state index is 12.6. The third kappa shape index (κ3) is 1.32. The van der Waals surface area contributed by atoms with Crippen LogP contribution in [-0.2, 0) is 28.5 Å². The van der Waals surface area contributed by atoms with Crippen LogP contribution >= 0.6 is 0 Å². The molecule has 7 atom stereocenters. The van der Waals surface area contributed by atoms with Crippen molar-refractivity contribution in [1.29, 1.82) is 0 Å². The molecule has 0 radical (unpaired) electrons. The molecule has 6 heteroatoms. The first-order chi connectivity index (χ1) is 10.9. The van der Waals surface area contributed by atoms with Crippen molar-refractivity contribution in [2.24, 2.45) is 16.7 Å². The second-order valence-corrected chi connectivity index (χ2v) is 7.93. The van der Waals surface area contributed by atoms with E-state index in [1.165, 1.54) is 7.11 Å². The van der Waals surface area contributed by atoms with Gasteiger partial charge in [-0.3, -0.25) is 4.79 Å². The summed E-state index contributed by atoms with van der Waals surface area (Å²) in [4.78, 5) is 24.6. The fourth-order valence-corrected chi connectivity index (χ4v) is 5.97. The van der Waals surface area contributed by atoms with Crippen LogP contribution in [0.25, 0.3) is 0 Å². The van der Waals surface area contributed by atoms with Gasteiger partial charge >= 0.3 is 11.9 Å². The summed E-state index contributed by atoms with van der Waals surface area (Å²) >= 11 is 0. The molecule has 4 fully saturated rings. The average Bonchev–Trinajstić information content (AvgIpc) is 3.17. The van der Waals surface area contributed by atoms with Crippen LogP contribution in [-0.4, -0.2) is 43.1 Å². The number of epoxide rings is 1. The summed E-state index contributed by atoms with van der Waals surface area (Å²) in [6, 6.07) is 0. The number of hydrogen-bond donors (Lipinski definition) is 0. The van der Waals surface area contributed by atoms with E-state index in [1.54, 1.807) is 6.08 Å². The van der Waals surface area contributed by atoms with Crippen molar-refractivity contribution in [1.82, 2.24) is 0 Å². The Labute approximate surface area is 134 Å². The third-order valence-electron chi connectivity index (χ3n) is 6.87. The molecule has 2 saturated carbocycles. The minimum Gasteiger partial charge on any atom is -0.459 e. The van der Waals surface area contributed by atoms with E-state index in [2.05, 4.69) is 6.92 Å². The molecule has 5 aliphatic rings. The Kier molecular flexibility index (Phi) is 2.31. The minimum atomic E-state index is -0.776. The van der Waals surface area contributed by atoms with Crippen molar-refractivity contribution in [2.75, 3.05) is 7.11 Å². The number of cyclic esters (lactones) is 1. The number of methoxy groups -OCH3 is 1. The van der Waals surface area contributed by atoms with Gasteiger partial charge < -0.3 is 18.9 Å². The first kappa shape index (κ1) is 14.0. The molecule has 23 heavy (non-hydrogen) atoms. The van der Waals surface area contributed by atoms with E-state index in [0.717, 1.165) is 24.8 Å². The normalized spacial score (nSPS) is 55.9. The van der Waals surface area contributed by atoms with E-state index >= 15 is 0 Å². The van der Waals surface area contributed by atoms with Gasteiger partial charge in [-0.2, -0.15) is 0 Å². The summed E-state index contributed by atoms with van der Waals surface area (Å²) in [7, 11) is 1.51. The molecular formula is C17H20O6. The van der Waals surface area contributed by atoms with Crippen LogP contribution in [0, 0.1) is 16.7 Å². The third-order valence-corrected chi connectivity index (χ3v) is 6.87. The SMILES string of the molecule is CO[C@@H]1OC(=O)C=C2[C@@]13O[C@@H]3[C@H]1OC(=O)[C@@]3(C)CCC[C@@]2(C)[C@@H]13. The lowest BCUT2D eigenvalue weighted by molar-refractivity contribution is -0.187. The van der Waals surface area contributed by atoms with Gasteiger partial charge in [-0.05, 0) is 30.8 Å². The smallest absolute Gasteiger partial charge is 0.333 e. The average molecular weight is 320 g/mol. The number of carbonyl (C=O) groups excluding carboxylic acids is 2. The zero-order valence-corrected chi connectivity index (χ0v) is 13.5. The molecule has 2 aliphatic carbocycles. The number of carbonyl (C=O) groups is 2. The standard InChI is InChI=1S/C17H20O6/c1-15-5-4-6-16(2)11(15)10(22-13(16)19)12-17(23-12)8(15)7-9(18)21-14(17)20-3/h7,10-12,14H,4-6H2,1-3H3/t10-,11+,12+,14+,15+,16-,17-/m0/s1. The minimum absolute atomic E-state index is 0.0338. The molecule has 2 saturated heterocycles. The van der Waals surface area contributed by atoms with Crippen LogP contribution in [0.3, 0.4) is 0 Å². The fraction of sp³-hybridized carbons (Fsp3) is 0.765. The molecule has 0 bridgehead atoms. The van der Waals surface area contributed by atoms with Gasteiger partial charge in [0, 0.05) is 19.1 Å². The van der Waals surface area contributed by atoms with Gasteiger partial charge in [0.05, 0.1) is 5.41 Å². The topological polar surface area (TPSA) is 74.4 Å². The highest BCUT2D eigenvalue weighted by Gasteiger charge is 2.83. The van der Waals surface area contributed by atoms with Crippen LogP contribution in [0.15, 0.2) is 11.6 Å². The van der Waals surface area contributed by atoms with Crippen LogP contribution in [0.2, 0.25) is 0 Å². The van der Waals surface area contributed by atoms with Crippen LogP contribution in [0.1, 0.15) is 33.1 Å². The highest BCUT2D eigenvalue weighted by atomic mass is 16.8. The first-order valence-corrected chi connectivity index (χ1v) is 8.23. The number of fused-ring (bicyclic) bond motifs is 2. The summed E-state index contributed by atoms with van der Waals surface area (Å²) in [6.45, 7) is 4.14. The predicted molar refractivity (Wildman–Crippen MR) is 76.0 cm³/mol. The Morgan fingerprint density at radius 2 is 1.91 bits per heavy atom. The van der Waals surface area contributed by atoms with Gasteiger partial charge in [0.1, 0.15) is 12.2 Å². The zero-order valence-electron chi connectivity index (χ0n) is 13.5. The van der Waals surface area contributed by atoms with Crippen molar-refractivity contribution in [3.8, 4) is 0 Å². The quantitative estimate of drug-likeness (QED) is 0.536. The molecule has 3 heterocycles. The molecule has 0 N–H and O–H groups in total. The van der Waals surface area contributed by atoms with E-state index in [-0.39, 0.29) is 29.5 Å². The molecular weight excluding hydrogens is 300 g/mol. The summed E-state index contributed by atoms with van der Waals surface area (Å²) < 4.78 is 22.6. The zero-order chi connectivity index (χ0) is 16.2. The predicted octanol–water partition coefficient (Wildman–Crippen LogP) is 1.33. The lowest BCUT2D eigenvalue weighted by Gasteiger charge is -2.53. The first-order valence-electron chi connectivity index (χ1n) is 8.23. The highest BCUT2D eigenvalue weighted by Crippen LogP contribution is 2.72. The lowest BCUT2D eigenvalue weighted by atomic mass is 9.48. The lowest BCUT2D eigenvalue weighted by Crippen LogP contribution is -2.60. The van der Waals surface area contributed by atoms with Crippen molar-refractivity contribution in [2.45, 2.75) is 57.2 Å². The van der Waals surface area contributed by atoms with Crippen LogP contribution in [0.4, 0.5) is 0 Å². The summed E-state index contributed by atoms with van der Waals surface area (Å²) in [5.74, 6) is -0.500. The van der Waals surface area contributed by atoms with Gasteiger partial charge in [0.2, 0.25) is 6.29 Å². The Morgan fingerprint density at radius 1 is 1.17 bits per heavy atom. The molecule has 6 nitrogen and oxygen atoms in total. The van der Waals surface area contributed by atoms with E-state index in [4.69, 9.17) is 18.9 Å². The number of hydrogen-bond acceptors (Lipinski definition) is 6. The van der Waals surface area contributed by atoms with Crippen LogP contribution in [0.5, 0.6) is 0 Å². The fourth-order valence-electron chi connectivity index (χ4n) is 5.97. The molecule has 1 spiro atoms. The Bertz CT molecular complexity index is 670. The van der Waals surface area contributed by atoms with Crippen molar-refractivity contribution in [3.63, 3.8) is 0 Å². The molecule has 3 aliphatic heterocycles. The van der Waals surface area contributed by atoms with E-state index in [1.807, 2.05) is 6.92 Å². The summed E-state index contributed by atoms with van der Waals surface area (Å²) in [5, 5.41) is 0. The second-order valence-electron chi connectivity index (χ2n) is 7.93. The van der Waals surface area contributed by atoms with E-state index in [0.29, 0.717) is 0 Å². The van der Waals surface area contributed by atoms with Gasteiger partial charge in [0.25, 0.3) is 0 Å². The molecule has 0 aromatic heterocycles. The monoisotopic (exact) mass is 320 g/mol. The summed E-state index contributed by atoms with van der Waals surface area (Å²) in [5.41, 5.74) is -0.654. The Morgan fingerprint density at radius 3 is 2.65 bits per heavy atom. The second kappa shape index (κ2) is 3.81. The highest BCUT2D eigenvalue weighted by molar-refractivity contribution is 5.87. The van der Waals surface area contributed by atoms with Gasteiger partial charge in [-0.25, -0.2) is 4.79 Å². The number of rotatable bonds is 1. The molecule has 5 rings (SSSR count). The molecule has 0 aromatic carbocycles. The maximum Gasteiger partial charge on any atom is 0.333 e. The van der Waals surface area contributed by atoms with Crippen molar-refractivity contribution >= 4 is 11.9 Å². The van der Waals surface area contributed by atoms with E-state index in [9.17, 15) is 9.59 Å². The van der Waals surface area contributed by atoms with Gasteiger partial charge in [0.15, 0.2) is 5.60 Å². The molecule has 0 aromatic rings. The van der Waals surface area contributed by atoms with Crippen molar-refractivity contribution in [3.05, 3.63) is 11.6 Å². The molecule has 0 unspecified atom stereocenters. The Balaban J connectivity index is 1.73.